The number of nitrogens with zero attached hydrogens (tertiary/aromatic N) is 2. The highest BCUT2D eigenvalue weighted by atomic mass is 16.6. The number of anilines is 1. The minimum atomic E-state index is -0.459. The highest BCUT2D eigenvalue weighted by Gasteiger charge is 2.30. The highest BCUT2D eigenvalue weighted by molar-refractivity contribution is 5.90. The van der Waals surface area contributed by atoms with Gasteiger partial charge in [-0.05, 0) is 50.8 Å². The van der Waals surface area contributed by atoms with E-state index in [0.717, 1.165) is 57.8 Å². The molecule has 132 valence electrons. The van der Waals surface area contributed by atoms with Gasteiger partial charge < -0.3 is 15.0 Å². The third kappa shape index (κ3) is 4.08. The van der Waals surface area contributed by atoms with Gasteiger partial charge in [-0.3, -0.25) is 4.90 Å². The number of fused-ring (bicyclic) bond motifs is 1. The van der Waals surface area contributed by atoms with Crippen LogP contribution >= 0.6 is 0 Å². The maximum atomic E-state index is 12.4. The third-order valence-electron chi connectivity index (χ3n) is 4.65. The Morgan fingerprint density at radius 3 is 2.67 bits per heavy atom. The molecule has 1 aromatic carbocycles. The summed E-state index contributed by atoms with van der Waals surface area (Å²) >= 11 is 0. The second-order valence-corrected chi connectivity index (χ2v) is 7.64. The van der Waals surface area contributed by atoms with E-state index in [4.69, 9.17) is 4.74 Å². The summed E-state index contributed by atoms with van der Waals surface area (Å²) in [5.74, 6) is 0. The lowest BCUT2D eigenvalue weighted by Crippen LogP contribution is -2.44. The molecule has 0 spiro atoms. The normalized spacial score (nSPS) is 18.5. The first kappa shape index (κ1) is 17.2. The number of piperazine rings is 1. The molecule has 1 aromatic rings. The smallest absolute Gasteiger partial charge is 0.414 e. The van der Waals surface area contributed by atoms with Crippen molar-refractivity contribution in [3.05, 3.63) is 29.3 Å². The molecule has 2 aliphatic rings. The fourth-order valence-corrected chi connectivity index (χ4v) is 3.46. The van der Waals surface area contributed by atoms with Crippen LogP contribution in [0.3, 0.4) is 0 Å². The summed E-state index contributed by atoms with van der Waals surface area (Å²) in [6, 6.07) is 6.31. The molecular weight excluding hydrogens is 302 g/mol. The minimum absolute atomic E-state index is 0.236. The first-order chi connectivity index (χ1) is 11.4. The standard InChI is InChI=1S/C19H29N3O2/c1-19(2,3)24-18(23)22-12-8-16-15(5-4-6-17(16)22)7-11-21-13-9-20-10-14-21/h4-6,20H,7-14H2,1-3H3. The zero-order chi connectivity index (χ0) is 17.2. The largest absolute Gasteiger partial charge is 0.443 e. The van der Waals surface area contributed by atoms with Crippen LogP contribution in [0.2, 0.25) is 0 Å². The number of hydrogen-bond donors (Lipinski definition) is 1. The molecule has 0 radical (unpaired) electrons. The molecule has 0 saturated carbocycles. The summed E-state index contributed by atoms with van der Waals surface area (Å²) < 4.78 is 5.55. The van der Waals surface area contributed by atoms with Crippen molar-refractivity contribution < 1.29 is 9.53 Å². The van der Waals surface area contributed by atoms with Crippen LogP contribution in [0.15, 0.2) is 18.2 Å². The topological polar surface area (TPSA) is 44.8 Å². The number of nitrogens with one attached hydrogen (secondary N) is 1. The zero-order valence-corrected chi connectivity index (χ0v) is 15.1. The molecule has 0 unspecified atom stereocenters. The Morgan fingerprint density at radius 2 is 1.96 bits per heavy atom. The number of ether oxygens (including phenoxy) is 1. The van der Waals surface area contributed by atoms with Gasteiger partial charge >= 0.3 is 6.09 Å². The van der Waals surface area contributed by atoms with Crippen LogP contribution in [0.1, 0.15) is 31.9 Å². The SMILES string of the molecule is CC(C)(C)OC(=O)N1CCc2c(CCN3CCNCC3)cccc21. The molecule has 0 atom stereocenters. The van der Waals surface area contributed by atoms with Crippen LogP contribution in [-0.4, -0.2) is 55.9 Å². The van der Waals surface area contributed by atoms with E-state index < -0.39 is 5.60 Å². The Balaban J connectivity index is 1.68. The monoisotopic (exact) mass is 331 g/mol. The predicted octanol–water partition coefficient (Wildman–Crippen LogP) is 2.43. The lowest BCUT2D eigenvalue weighted by atomic mass is 10.0. The highest BCUT2D eigenvalue weighted by Crippen LogP contribution is 2.32. The molecule has 5 heteroatoms. The van der Waals surface area contributed by atoms with Gasteiger partial charge in [-0.15, -0.1) is 0 Å². The molecule has 0 aliphatic carbocycles. The average Bonchev–Trinajstić information content (AvgIpc) is 2.97. The van der Waals surface area contributed by atoms with E-state index in [1.807, 2.05) is 26.8 Å². The predicted molar refractivity (Wildman–Crippen MR) is 96.7 cm³/mol. The maximum absolute atomic E-state index is 12.4. The molecule has 5 nitrogen and oxygen atoms in total. The first-order valence-corrected chi connectivity index (χ1v) is 8.98. The summed E-state index contributed by atoms with van der Waals surface area (Å²) in [5, 5.41) is 3.39. The number of carbonyl (C=O) groups is 1. The third-order valence-corrected chi connectivity index (χ3v) is 4.65. The van der Waals surface area contributed by atoms with Crippen molar-refractivity contribution in [1.29, 1.82) is 0 Å². The van der Waals surface area contributed by atoms with Crippen molar-refractivity contribution in [2.24, 2.45) is 0 Å². The van der Waals surface area contributed by atoms with Crippen molar-refractivity contribution in [3.8, 4) is 0 Å². The van der Waals surface area contributed by atoms with E-state index in [2.05, 4.69) is 22.3 Å². The molecule has 1 saturated heterocycles. The van der Waals surface area contributed by atoms with Gasteiger partial charge in [0, 0.05) is 39.3 Å². The van der Waals surface area contributed by atoms with E-state index in [1.54, 1.807) is 4.90 Å². The second-order valence-electron chi connectivity index (χ2n) is 7.64. The minimum Gasteiger partial charge on any atom is -0.443 e. The molecule has 0 aromatic heterocycles. The fourth-order valence-electron chi connectivity index (χ4n) is 3.46. The molecule has 24 heavy (non-hydrogen) atoms. The van der Waals surface area contributed by atoms with Gasteiger partial charge in [-0.2, -0.15) is 0 Å². The van der Waals surface area contributed by atoms with Crippen molar-refractivity contribution in [3.63, 3.8) is 0 Å². The van der Waals surface area contributed by atoms with Crippen LogP contribution < -0.4 is 10.2 Å². The van der Waals surface area contributed by atoms with Crippen LogP contribution in [0.25, 0.3) is 0 Å². The van der Waals surface area contributed by atoms with Crippen LogP contribution in [0.4, 0.5) is 10.5 Å². The Kier molecular flexibility index (Phi) is 5.11. The van der Waals surface area contributed by atoms with Gasteiger partial charge in [-0.25, -0.2) is 4.79 Å². The number of benzene rings is 1. The van der Waals surface area contributed by atoms with E-state index in [9.17, 15) is 4.79 Å². The van der Waals surface area contributed by atoms with E-state index >= 15 is 0 Å². The van der Waals surface area contributed by atoms with Gasteiger partial charge in [0.1, 0.15) is 5.60 Å². The molecule has 2 aliphatic heterocycles. The first-order valence-electron chi connectivity index (χ1n) is 8.98. The van der Waals surface area contributed by atoms with E-state index in [0.29, 0.717) is 0 Å². The number of carbonyl (C=O) groups excluding carboxylic acids is 1. The van der Waals surface area contributed by atoms with Gasteiger partial charge in [0.15, 0.2) is 0 Å². The molecule has 1 amide bonds. The van der Waals surface area contributed by atoms with Gasteiger partial charge in [0.25, 0.3) is 0 Å². The average molecular weight is 331 g/mol. The van der Waals surface area contributed by atoms with Crippen LogP contribution in [-0.2, 0) is 17.6 Å². The number of hydrogen-bond acceptors (Lipinski definition) is 4. The summed E-state index contributed by atoms with van der Waals surface area (Å²) in [7, 11) is 0. The van der Waals surface area contributed by atoms with Crippen molar-refractivity contribution in [2.45, 2.75) is 39.2 Å². The van der Waals surface area contributed by atoms with E-state index in [-0.39, 0.29) is 6.09 Å². The lowest BCUT2D eigenvalue weighted by molar-refractivity contribution is 0.0584. The Morgan fingerprint density at radius 1 is 1.21 bits per heavy atom. The lowest BCUT2D eigenvalue weighted by Gasteiger charge is -2.27. The summed E-state index contributed by atoms with van der Waals surface area (Å²) in [5.41, 5.74) is 3.26. The van der Waals surface area contributed by atoms with E-state index in [1.165, 1.54) is 11.1 Å². The summed E-state index contributed by atoms with van der Waals surface area (Å²) in [4.78, 5) is 16.7. The molecule has 0 bridgehead atoms. The van der Waals surface area contributed by atoms with Crippen molar-refractivity contribution in [1.82, 2.24) is 10.2 Å². The zero-order valence-electron chi connectivity index (χ0n) is 15.1. The number of rotatable bonds is 3. The Labute approximate surface area is 145 Å². The Hall–Kier alpha value is -1.59. The molecule has 1 fully saturated rings. The fraction of sp³-hybridized carbons (Fsp3) is 0.632. The molecular formula is C19H29N3O2. The summed E-state index contributed by atoms with van der Waals surface area (Å²) in [6.07, 6.45) is 1.73. The maximum Gasteiger partial charge on any atom is 0.414 e. The molecule has 1 N–H and O–H groups in total. The summed E-state index contributed by atoms with van der Waals surface area (Å²) in [6.45, 7) is 11.9. The van der Waals surface area contributed by atoms with Crippen LogP contribution in [0.5, 0.6) is 0 Å². The second kappa shape index (κ2) is 7.11. The number of amides is 1. The van der Waals surface area contributed by atoms with Gasteiger partial charge in [0.05, 0.1) is 5.69 Å². The van der Waals surface area contributed by atoms with Crippen LogP contribution in [0, 0.1) is 0 Å². The molecule has 2 heterocycles. The Bertz CT molecular complexity index is 589. The van der Waals surface area contributed by atoms with Gasteiger partial charge in [0.2, 0.25) is 0 Å². The quantitative estimate of drug-likeness (QED) is 0.924. The van der Waals surface area contributed by atoms with Crippen molar-refractivity contribution in [2.75, 3.05) is 44.2 Å². The molecule has 3 rings (SSSR count). The van der Waals surface area contributed by atoms with Crippen molar-refractivity contribution >= 4 is 11.8 Å². The van der Waals surface area contributed by atoms with Gasteiger partial charge in [-0.1, -0.05) is 12.1 Å².